The standard InChI is InChI=1S/C2H4N4O3S/c7-10(8,9)2-6-1-3-4-5-6/h1H,2H2,(H,7,8,9). The largest absolute Gasteiger partial charge is 0.285 e. The fraction of sp³-hybridized carbons (Fsp3) is 0.500. The molecule has 0 bridgehead atoms. The van der Waals surface area contributed by atoms with Gasteiger partial charge in [0.25, 0.3) is 10.1 Å². The Bertz CT molecular complexity index is 288. The molecule has 1 N–H and O–H groups in total. The van der Waals surface area contributed by atoms with E-state index in [4.69, 9.17) is 4.55 Å². The zero-order valence-corrected chi connectivity index (χ0v) is 5.56. The Labute approximate surface area is 56.4 Å². The molecule has 10 heavy (non-hydrogen) atoms. The van der Waals surface area contributed by atoms with E-state index in [9.17, 15) is 8.42 Å². The van der Waals surface area contributed by atoms with Gasteiger partial charge in [0, 0.05) is 0 Å². The number of hydrogen-bond acceptors (Lipinski definition) is 5. The normalized spacial score (nSPS) is 11.7. The smallest absolute Gasteiger partial charge is 0.284 e. The van der Waals surface area contributed by atoms with Crippen LogP contribution in [0, 0.1) is 0 Å². The first kappa shape index (κ1) is 7.09. The molecule has 56 valence electrons. The fourth-order valence-electron chi connectivity index (χ4n) is 0.407. The molecular formula is C2H4N4O3S. The van der Waals surface area contributed by atoms with Crippen LogP contribution in [0.15, 0.2) is 6.33 Å². The minimum atomic E-state index is -4.03. The fourth-order valence-corrected chi connectivity index (χ4v) is 0.859. The molecule has 0 unspecified atom stereocenters. The predicted molar refractivity (Wildman–Crippen MR) is 29.4 cm³/mol. The first-order valence-electron chi connectivity index (χ1n) is 2.24. The van der Waals surface area contributed by atoms with E-state index in [1.807, 2.05) is 0 Å². The van der Waals surface area contributed by atoms with E-state index in [0.29, 0.717) is 0 Å². The summed E-state index contributed by atoms with van der Waals surface area (Å²) in [4.78, 5) is 0. The Morgan fingerprint density at radius 1 is 1.60 bits per heavy atom. The Balaban J connectivity index is 2.75. The lowest BCUT2D eigenvalue weighted by Gasteiger charge is -1.91. The number of rotatable bonds is 2. The molecule has 0 aliphatic heterocycles. The van der Waals surface area contributed by atoms with Crippen LogP contribution in [-0.2, 0) is 16.0 Å². The van der Waals surface area contributed by atoms with Crippen molar-refractivity contribution in [3.8, 4) is 0 Å². The van der Waals surface area contributed by atoms with Gasteiger partial charge in [0.1, 0.15) is 6.33 Å². The quantitative estimate of drug-likeness (QED) is 0.535. The van der Waals surface area contributed by atoms with Gasteiger partial charge in [-0.25, -0.2) is 4.68 Å². The predicted octanol–water partition coefficient (Wildman–Crippen LogP) is -1.48. The molecule has 0 aliphatic carbocycles. The van der Waals surface area contributed by atoms with Crippen LogP contribution in [0.3, 0.4) is 0 Å². The van der Waals surface area contributed by atoms with Gasteiger partial charge in [-0.1, -0.05) is 0 Å². The molecule has 0 radical (unpaired) electrons. The van der Waals surface area contributed by atoms with Gasteiger partial charge in [0.2, 0.25) is 0 Å². The third-order valence-electron chi connectivity index (χ3n) is 0.687. The number of hydrogen-bond donors (Lipinski definition) is 1. The van der Waals surface area contributed by atoms with Crippen molar-refractivity contribution in [2.24, 2.45) is 0 Å². The van der Waals surface area contributed by atoms with Gasteiger partial charge < -0.3 is 0 Å². The maximum atomic E-state index is 10.1. The van der Waals surface area contributed by atoms with Gasteiger partial charge in [-0.3, -0.25) is 4.55 Å². The van der Waals surface area contributed by atoms with Crippen LogP contribution in [0.4, 0.5) is 0 Å². The van der Waals surface area contributed by atoms with Crippen LogP contribution >= 0.6 is 0 Å². The van der Waals surface area contributed by atoms with E-state index in [-0.39, 0.29) is 0 Å². The van der Waals surface area contributed by atoms with Crippen molar-refractivity contribution >= 4 is 10.1 Å². The molecule has 8 heteroatoms. The molecule has 0 fully saturated rings. The third kappa shape index (κ3) is 2.07. The first-order chi connectivity index (χ1) is 4.58. The summed E-state index contributed by atoms with van der Waals surface area (Å²) in [5, 5.41) is 9.54. The molecule has 1 aromatic rings. The lowest BCUT2D eigenvalue weighted by Crippen LogP contribution is -2.09. The van der Waals surface area contributed by atoms with Crippen LogP contribution in [0.5, 0.6) is 0 Å². The summed E-state index contributed by atoms with van der Waals surface area (Å²) in [6, 6.07) is 0. The van der Waals surface area contributed by atoms with E-state index in [0.717, 1.165) is 11.0 Å². The third-order valence-corrected chi connectivity index (χ3v) is 1.28. The summed E-state index contributed by atoms with van der Waals surface area (Å²) in [5.74, 6) is -0.611. The summed E-state index contributed by atoms with van der Waals surface area (Å²) in [7, 11) is -4.03. The first-order valence-corrected chi connectivity index (χ1v) is 3.85. The van der Waals surface area contributed by atoms with E-state index in [1.54, 1.807) is 0 Å². The van der Waals surface area contributed by atoms with Gasteiger partial charge in [0.15, 0.2) is 5.88 Å². The molecule has 7 nitrogen and oxygen atoms in total. The van der Waals surface area contributed by atoms with Crippen molar-refractivity contribution in [1.82, 2.24) is 20.2 Å². The zero-order chi connectivity index (χ0) is 7.61. The highest BCUT2D eigenvalue weighted by Gasteiger charge is 2.05. The van der Waals surface area contributed by atoms with Crippen molar-refractivity contribution in [2.45, 2.75) is 5.88 Å². The molecule has 0 saturated heterocycles. The van der Waals surface area contributed by atoms with E-state index in [2.05, 4.69) is 15.5 Å². The lowest BCUT2D eigenvalue weighted by molar-refractivity contribution is 0.465. The van der Waals surface area contributed by atoms with Gasteiger partial charge in [-0.05, 0) is 10.4 Å². The van der Waals surface area contributed by atoms with E-state index >= 15 is 0 Å². The van der Waals surface area contributed by atoms with Crippen molar-refractivity contribution in [2.75, 3.05) is 0 Å². The van der Waals surface area contributed by atoms with Crippen LogP contribution in [0.25, 0.3) is 0 Å². The number of nitrogens with zero attached hydrogens (tertiary/aromatic N) is 4. The summed E-state index contributed by atoms with van der Waals surface area (Å²) in [6.07, 6.45) is 1.09. The van der Waals surface area contributed by atoms with Gasteiger partial charge in [-0.15, -0.1) is 5.10 Å². The van der Waals surface area contributed by atoms with Crippen molar-refractivity contribution in [1.29, 1.82) is 0 Å². The summed E-state index contributed by atoms with van der Waals surface area (Å²) < 4.78 is 29.4. The molecule has 1 rings (SSSR count). The van der Waals surface area contributed by atoms with E-state index in [1.165, 1.54) is 0 Å². The highest BCUT2D eigenvalue weighted by Crippen LogP contribution is 1.85. The molecule has 0 saturated carbocycles. The summed E-state index contributed by atoms with van der Waals surface area (Å²) in [5.41, 5.74) is 0. The second kappa shape index (κ2) is 2.31. The number of aromatic nitrogens is 4. The van der Waals surface area contributed by atoms with Crippen molar-refractivity contribution < 1.29 is 13.0 Å². The van der Waals surface area contributed by atoms with Gasteiger partial charge in [0.05, 0.1) is 0 Å². The topological polar surface area (TPSA) is 98.0 Å². The average molecular weight is 164 g/mol. The molecular weight excluding hydrogens is 160 g/mol. The summed E-state index contributed by atoms with van der Waals surface area (Å²) >= 11 is 0. The Hall–Kier alpha value is -1.02. The maximum absolute atomic E-state index is 10.1. The van der Waals surface area contributed by atoms with Crippen LogP contribution in [0.1, 0.15) is 0 Å². The Morgan fingerprint density at radius 3 is 2.70 bits per heavy atom. The lowest BCUT2D eigenvalue weighted by atomic mass is 11.2. The molecule has 1 heterocycles. The van der Waals surface area contributed by atoms with Crippen LogP contribution in [-0.4, -0.2) is 33.2 Å². The number of tetrazole rings is 1. The SMILES string of the molecule is O=S(=O)(O)Cn1cnnn1. The van der Waals surface area contributed by atoms with Crippen molar-refractivity contribution in [3.05, 3.63) is 6.33 Å². The molecule has 0 aromatic carbocycles. The highest BCUT2D eigenvalue weighted by atomic mass is 32.2. The van der Waals surface area contributed by atoms with Crippen LogP contribution in [0.2, 0.25) is 0 Å². The highest BCUT2D eigenvalue weighted by molar-refractivity contribution is 7.84. The minimum Gasteiger partial charge on any atom is -0.284 e. The maximum Gasteiger partial charge on any atom is 0.285 e. The molecule has 0 spiro atoms. The Morgan fingerprint density at radius 2 is 2.30 bits per heavy atom. The second-order valence-electron chi connectivity index (χ2n) is 1.56. The van der Waals surface area contributed by atoms with Crippen LogP contribution < -0.4 is 0 Å². The van der Waals surface area contributed by atoms with Gasteiger partial charge >= 0.3 is 0 Å². The minimum absolute atomic E-state index is 0.611. The van der Waals surface area contributed by atoms with Gasteiger partial charge in [-0.2, -0.15) is 8.42 Å². The average Bonchev–Trinajstić information content (AvgIpc) is 2.12. The molecule has 0 amide bonds. The van der Waals surface area contributed by atoms with Crippen molar-refractivity contribution in [3.63, 3.8) is 0 Å². The molecule has 1 aromatic heterocycles. The zero-order valence-electron chi connectivity index (χ0n) is 4.75. The second-order valence-corrected chi connectivity index (χ2v) is 2.98. The Kier molecular flexibility index (Phi) is 1.64. The van der Waals surface area contributed by atoms with E-state index < -0.39 is 16.0 Å². The summed E-state index contributed by atoms with van der Waals surface area (Å²) in [6.45, 7) is 0. The monoisotopic (exact) mass is 164 g/mol. The molecule has 0 aliphatic rings. The molecule has 0 atom stereocenters.